The van der Waals surface area contributed by atoms with Crippen LogP contribution in [-0.2, 0) is 4.74 Å². The van der Waals surface area contributed by atoms with Crippen molar-refractivity contribution in [2.24, 2.45) is 5.92 Å². The van der Waals surface area contributed by atoms with Crippen LogP contribution in [0.1, 0.15) is 65.5 Å². The summed E-state index contributed by atoms with van der Waals surface area (Å²) < 4.78 is 16.9. The summed E-state index contributed by atoms with van der Waals surface area (Å²) in [5, 5.41) is 18.4. The van der Waals surface area contributed by atoms with Gasteiger partial charge in [-0.3, -0.25) is 9.89 Å². The molecule has 1 unspecified atom stereocenters. The monoisotopic (exact) mass is 507 g/mol. The van der Waals surface area contributed by atoms with E-state index in [-0.39, 0.29) is 11.7 Å². The molecule has 1 amide bonds. The van der Waals surface area contributed by atoms with Crippen molar-refractivity contribution < 1.29 is 24.1 Å². The quantitative estimate of drug-likeness (QED) is 0.337. The molecule has 8 heteroatoms. The summed E-state index contributed by atoms with van der Waals surface area (Å²) in [7, 11) is 3.27. The maximum absolute atomic E-state index is 13.6. The van der Waals surface area contributed by atoms with Crippen LogP contribution >= 0.6 is 0 Å². The van der Waals surface area contributed by atoms with E-state index in [1.165, 1.54) is 0 Å². The number of rotatable bonds is 11. The first-order chi connectivity index (χ1) is 17.8. The van der Waals surface area contributed by atoms with E-state index < -0.39 is 6.04 Å². The number of hydrogen-bond acceptors (Lipinski definition) is 6. The molecule has 37 heavy (non-hydrogen) atoms. The van der Waals surface area contributed by atoms with Gasteiger partial charge in [-0.05, 0) is 67.5 Å². The number of fused-ring (bicyclic) bond motifs is 1. The van der Waals surface area contributed by atoms with Gasteiger partial charge in [-0.15, -0.1) is 0 Å². The average molecular weight is 508 g/mol. The molecule has 2 N–H and O–H groups in total. The first kappa shape index (κ1) is 26.5. The third-order valence-electron chi connectivity index (χ3n) is 6.76. The molecule has 1 aliphatic heterocycles. The molecular weight excluding hydrogens is 470 g/mol. The minimum Gasteiger partial charge on any atom is -0.507 e. The van der Waals surface area contributed by atoms with Crippen molar-refractivity contribution >= 4 is 5.91 Å². The first-order valence-corrected chi connectivity index (χ1v) is 12.8. The number of H-pyrrole nitrogens is 1. The molecule has 1 atom stereocenters. The fourth-order valence-electron chi connectivity index (χ4n) is 4.97. The molecule has 198 valence electrons. The molecule has 0 radical (unpaired) electrons. The number of ether oxygens (including phenoxy) is 3. The molecule has 1 aromatic heterocycles. The SMILES string of the molecule is COCCCN1C(=O)c2[nH]nc(-c3c(C)cc(C)cc3O)c2C1c1ccc(OCCC(C)C)c(OC)c1. The smallest absolute Gasteiger partial charge is 0.273 e. The molecule has 2 aromatic carbocycles. The van der Waals surface area contributed by atoms with Crippen LogP contribution in [0.2, 0.25) is 0 Å². The molecule has 0 spiro atoms. The Morgan fingerprint density at radius 2 is 1.89 bits per heavy atom. The summed E-state index contributed by atoms with van der Waals surface area (Å²) >= 11 is 0. The van der Waals surface area contributed by atoms with Crippen molar-refractivity contribution in [2.45, 2.75) is 46.6 Å². The highest BCUT2D eigenvalue weighted by Crippen LogP contribution is 2.46. The van der Waals surface area contributed by atoms with Crippen LogP contribution in [0.3, 0.4) is 0 Å². The lowest BCUT2D eigenvalue weighted by Crippen LogP contribution is -2.31. The van der Waals surface area contributed by atoms with Gasteiger partial charge >= 0.3 is 0 Å². The summed E-state index contributed by atoms with van der Waals surface area (Å²) in [5.74, 6) is 1.83. The summed E-state index contributed by atoms with van der Waals surface area (Å²) in [4.78, 5) is 15.4. The highest BCUT2D eigenvalue weighted by Gasteiger charge is 2.42. The zero-order chi connectivity index (χ0) is 26.7. The Balaban J connectivity index is 1.80. The number of aryl methyl sites for hydroxylation is 2. The number of benzene rings is 2. The summed E-state index contributed by atoms with van der Waals surface area (Å²) in [6.07, 6.45) is 1.63. The van der Waals surface area contributed by atoms with Crippen molar-refractivity contribution in [1.82, 2.24) is 15.1 Å². The summed E-state index contributed by atoms with van der Waals surface area (Å²) in [5.41, 5.74) is 5.12. The largest absolute Gasteiger partial charge is 0.507 e. The number of amides is 1. The Bertz CT molecular complexity index is 1240. The number of nitrogens with one attached hydrogen (secondary N) is 1. The van der Waals surface area contributed by atoms with Crippen molar-refractivity contribution in [3.05, 3.63) is 58.3 Å². The van der Waals surface area contributed by atoms with Gasteiger partial charge in [0.15, 0.2) is 11.5 Å². The third kappa shape index (κ3) is 5.30. The average Bonchev–Trinajstić information content (AvgIpc) is 3.38. The van der Waals surface area contributed by atoms with Gasteiger partial charge in [-0.2, -0.15) is 5.10 Å². The van der Waals surface area contributed by atoms with Crippen molar-refractivity contribution in [1.29, 1.82) is 0 Å². The molecule has 0 saturated heterocycles. The zero-order valence-corrected chi connectivity index (χ0v) is 22.6. The number of aromatic hydroxyl groups is 1. The summed E-state index contributed by atoms with van der Waals surface area (Å²) in [6, 6.07) is 9.12. The van der Waals surface area contributed by atoms with E-state index >= 15 is 0 Å². The van der Waals surface area contributed by atoms with Crippen LogP contribution in [0.15, 0.2) is 30.3 Å². The minimum atomic E-state index is -0.410. The van der Waals surface area contributed by atoms with Crippen molar-refractivity contribution in [2.75, 3.05) is 34.0 Å². The molecule has 0 bridgehead atoms. The molecule has 3 aromatic rings. The van der Waals surface area contributed by atoms with Crippen LogP contribution in [0.5, 0.6) is 17.2 Å². The Kier molecular flexibility index (Phi) is 8.07. The first-order valence-electron chi connectivity index (χ1n) is 12.8. The molecule has 0 fully saturated rings. The Morgan fingerprint density at radius 1 is 1.11 bits per heavy atom. The second kappa shape index (κ2) is 11.3. The van der Waals surface area contributed by atoms with Crippen molar-refractivity contribution in [3.8, 4) is 28.5 Å². The van der Waals surface area contributed by atoms with Gasteiger partial charge in [0.1, 0.15) is 17.1 Å². The van der Waals surface area contributed by atoms with Gasteiger partial charge in [0.25, 0.3) is 5.91 Å². The van der Waals surface area contributed by atoms with Gasteiger partial charge in [-0.25, -0.2) is 0 Å². The standard InChI is InChI=1S/C29H37N3O5/c1-17(2)10-13-37-22-9-8-20(16-23(22)36-6)28-25-26(24-19(4)14-18(3)15-21(24)33)30-31-27(25)29(34)32(28)11-7-12-35-5/h8-9,14-17,28,33H,7,10-13H2,1-6H3,(H,30,31). The van der Waals surface area contributed by atoms with E-state index in [1.807, 2.05) is 43.0 Å². The van der Waals surface area contributed by atoms with E-state index in [1.54, 1.807) is 20.3 Å². The fraction of sp³-hybridized carbons (Fsp3) is 0.448. The number of aromatic amines is 1. The van der Waals surface area contributed by atoms with Crippen molar-refractivity contribution in [3.63, 3.8) is 0 Å². The molecule has 8 nitrogen and oxygen atoms in total. The molecular formula is C29H37N3O5. The van der Waals surface area contributed by atoms with Crippen LogP contribution in [0.25, 0.3) is 11.3 Å². The fourth-order valence-corrected chi connectivity index (χ4v) is 4.97. The maximum atomic E-state index is 13.6. The lowest BCUT2D eigenvalue weighted by atomic mass is 9.93. The summed E-state index contributed by atoms with van der Waals surface area (Å²) in [6.45, 7) is 9.84. The van der Waals surface area contributed by atoms with Gasteiger partial charge < -0.3 is 24.2 Å². The predicted molar refractivity (Wildman–Crippen MR) is 142 cm³/mol. The molecule has 1 aliphatic rings. The Hall–Kier alpha value is -3.52. The lowest BCUT2D eigenvalue weighted by molar-refractivity contribution is 0.0723. The van der Waals surface area contributed by atoms with Gasteiger partial charge in [0, 0.05) is 31.4 Å². The number of phenolic OH excluding ortho intramolecular Hbond substituents is 1. The van der Waals surface area contributed by atoms with Gasteiger partial charge in [0.2, 0.25) is 0 Å². The zero-order valence-electron chi connectivity index (χ0n) is 22.6. The number of methoxy groups -OCH3 is 2. The van der Waals surface area contributed by atoms with E-state index in [0.29, 0.717) is 60.5 Å². The normalized spacial score (nSPS) is 14.9. The van der Waals surface area contributed by atoms with E-state index in [0.717, 1.165) is 28.7 Å². The van der Waals surface area contributed by atoms with E-state index in [2.05, 4.69) is 24.0 Å². The number of aromatic nitrogens is 2. The number of nitrogens with zero attached hydrogens (tertiary/aromatic N) is 2. The maximum Gasteiger partial charge on any atom is 0.273 e. The number of carbonyl (C=O) groups excluding carboxylic acids is 1. The predicted octanol–water partition coefficient (Wildman–Crippen LogP) is 5.41. The highest BCUT2D eigenvalue weighted by molar-refractivity contribution is 6.00. The topological polar surface area (TPSA) is 96.9 Å². The third-order valence-corrected chi connectivity index (χ3v) is 6.76. The number of phenols is 1. The van der Waals surface area contributed by atoms with Crippen LogP contribution < -0.4 is 9.47 Å². The van der Waals surface area contributed by atoms with Crippen LogP contribution in [0, 0.1) is 19.8 Å². The second-order valence-electron chi connectivity index (χ2n) is 10.0. The minimum absolute atomic E-state index is 0.129. The van der Waals surface area contributed by atoms with E-state index in [4.69, 9.17) is 14.2 Å². The van der Waals surface area contributed by atoms with Crippen LogP contribution in [-0.4, -0.2) is 60.1 Å². The number of hydrogen-bond donors (Lipinski definition) is 2. The molecule has 0 aliphatic carbocycles. The van der Waals surface area contributed by atoms with Crippen LogP contribution in [0.4, 0.5) is 0 Å². The lowest BCUT2D eigenvalue weighted by Gasteiger charge is -2.27. The Morgan fingerprint density at radius 3 is 2.57 bits per heavy atom. The number of carbonyl (C=O) groups is 1. The molecule has 2 heterocycles. The molecule has 4 rings (SSSR count). The van der Waals surface area contributed by atoms with Gasteiger partial charge in [0.05, 0.1) is 19.8 Å². The van der Waals surface area contributed by atoms with Gasteiger partial charge in [-0.1, -0.05) is 26.0 Å². The molecule has 0 saturated carbocycles. The van der Waals surface area contributed by atoms with E-state index in [9.17, 15) is 9.90 Å². The second-order valence-corrected chi connectivity index (χ2v) is 10.0. The highest BCUT2D eigenvalue weighted by atomic mass is 16.5. The Labute approximate surface area is 218 Å².